The molecule has 0 aliphatic rings. The molecule has 0 bridgehead atoms. The lowest BCUT2D eigenvalue weighted by molar-refractivity contribution is -0.115. The Morgan fingerprint density at radius 3 is 2.25 bits per heavy atom. The van der Waals surface area contributed by atoms with E-state index in [9.17, 15) is 9.59 Å². The van der Waals surface area contributed by atoms with Crippen molar-refractivity contribution in [3.63, 3.8) is 0 Å². The third-order valence-electron chi connectivity index (χ3n) is 2.73. The fourth-order valence-electron chi connectivity index (χ4n) is 2.00. The summed E-state index contributed by atoms with van der Waals surface area (Å²) in [6, 6.07) is 15.1. The van der Waals surface area contributed by atoms with Crippen molar-refractivity contribution in [2.75, 3.05) is 10.6 Å². The van der Waals surface area contributed by atoms with E-state index in [4.69, 9.17) is 0 Å². The van der Waals surface area contributed by atoms with E-state index >= 15 is 0 Å². The number of carbonyl (C=O) groups is 2. The molecule has 0 unspecified atom stereocenters. The lowest BCUT2D eigenvalue weighted by Crippen LogP contribution is -2.07. The second-order valence-electron chi connectivity index (χ2n) is 4.49. The molecule has 0 atom stereocenters. The van der Waals surface area contributed by atoms with Crippen LogP contribution >= 0.6 is 0 Å². The summed E-state index contributed by atoms with van der Waals surface area (Å²) in [5.41, 5.74) is 3.32. The van der Waals surface area contributed by atoms with E-state index in [1.165, 1.54) is 13.8 Å². The first-order valence-electron chi connectivity index (χ1n) is 6.31. The molecule has 0 spiro atoms. The summed E-state index contributed by atoms with van der Waals surface area (Å²) in [6.45, 7) is 2.95. The largest absolute Gasteiger partial charge is 0.326 e. The van der Waals surface area contributed by atoms with Crippen molar-refractivity contribution in [3.8, 4) is 11.1 Å². The normalized spacial score (nSPS) is 9.90. The number of amides is 2. The Labute approximate surface area is 117 Å². The number of hydrogen-bond donors (Lipinski definition) is 2. The molecule has 2 N–H and O–H groups in total. The highest BCUT2D eigenvalue weighted by Gasteiger charge is 2.06. The molecule has 0 aromatic heterocycles. The van der Waals surface area contributed by atoms with Crippen molar-refractivity contribution >= 4 is 23.2 Å². The van der Waals surface area contributed by atoms with Crippen LogP contribution in [0.2, 0.25) is 0 Å². The van der Waals surface area contributed by atoms with Gasteiger partial charge < -0.3 is 10.6 Å². The van der Waals surface area contributed by atoms with Crippen LogP contribution in [0.3, 0.4) is 0 Å². The number of para-hydroxylation sites is 1. The fourth-order valence-corrected chi connectivity index (χ4v) is 2.00. The van der Waals surface area contributed by atoms with Crippen LogP contribution in [0.5, 0.6) is 0 Å². The number of carbonyl (C=O) groups excluding carboxylic acids is 2. The van der Waals surface area contributed by atoms with Gasteiger partial charge >= 0.3 is 0 Å². The van der Waals surface area contributed by atoms with Gasteiger partial charge in [-0.3, -0.25) is 9.59 Å². The molecule has 4 nitrogen and oxygen atoms in total. The SMILES string of the molecule is CC(=O)Nc1cccc(-c2ccccc2NC(C)=O)c1. The third-order valence-corrected chi connectivity index (χ3v) is 2.73. The predicted molar refractivity (Wildman–Crippen MR) is 80.5 cm³/mol. The summed E-state index contributed by atoms with van der Waals surface area (Å²) in [6.07, 6.45) is 0. The van der Waals surface area contributed by atoms with Crippen LogP contribution in [-0.4, -0.2) is 11.8 Å². The Hall–Kier alpha value is -2.62. The van der Waals surface area contributed by atoms with Crippen LogP contribution in [0.1, 0.15) is 13.8 Å². The van der Waals surface area contributed by atoms with Gasteiger partial charge in [0, 0.05) is 30.8 Å². The number of hydrogen-bond acceptors (Lipinski definition) is 2. The minimum absolute atomic E-state index is 0.114. The highest BCUT2D eigenvalue weighted by atomic mass is 16.2. The van der Waals surface area contributed by atoms with E-state index in [1.807, 2.05) is 48.5 Å². The maximum Gasteiger partial charge on any atom is 0.221 e. The Bertz CT molecular complexity index is 650. The quantitative estimate of drug-likeness (QED) is 0.897. The van der Waals surface area contributed by atoms with Crippen molar-refractivity contribution in [1.82, 2.24) is 0 Å². The van der Waals surface area contributed by atoms with Gasteiger partial charge in [0.1, 0.15) is 0 Å². The maximum atomic E-state index is 11.2. The molecule has 2 amide bonds. The molecular formula is C16H16N2O2. The first-order chi connectivity index (χ1) is 9.56. The van der Waals surface area contributed by atoms with E-state index in [2.05, 4.69) is 10.6 Å². The second kappa shape index (κ2) is 6.02. The molecule has 0 fully saturated rings. The lowest BCUT2D eigenvalue weighted by atomic mass is 10.0. The van der Waals surface area contributed by atoms with E-state index in [0.717, 1.165) is 22.5 Å². The molecule has 0 heterocycles. The van der Waals surface area contributed by atoms with Crippen LogP contribution < -0.4 is 10.6 Å². The minimum Gasteiger partial charge on any atom is -0.326 e. The van der Waals surface area contributed by atoms with Gasteiger partial charge in [-0.25, -0.2) is 0 Å². The summed E-state index contributed by atoms with van der Waals surface area (Å²) in [4.78, 5) is 22.3. The first kappa shape index (κ1) is 13.8. The Balaban J connectivity index is 2.40. The van der Waals surface area contributed by atoms with E-state index < -0.39 is 0 Å². The average molecular weight is 268 g/mol. The van der Waals surface area contributed by atoms with Gasteiger partial charge in [-0.2, -0.15) is 0 Å². The minimum atomic E-state index is -0.115. The molecule has 4 heteroatoms. The molecule has 0 aliphatic carbocycles. The molecule has 2 rings (SSSR count). The van der Waals surface area contributed by atoms with Crippen molar-refractivity contribution in [2.45, 2.75) is 13.8 Å². The second-order valence-corrected chi connectivity index (χ2v) is 4.49. The molecule has 102 valence electrons. The van der Waals surface area contributed by atoms with Gasteiger partial charge in [0.05, 0.1) is 0 Å². The van der Waals surface area contributed by atoms with Crippen molar-refractivity contribution in [1.29, 1.82) is 0 Å². The van der Waals surface area contributed by atoms with Crippen LogP contribution in [0.4, 0.5) is 11.4 Å². The Morgan fingerprint density at radius 1 is 0.850 bits per heavy atom. The standard InChI is InChI=1S/C16H16N2O2/c1-11(19)17-14-7-5-6-13(10-14)15-8-3-4-9-16(15)18-12(2)20/h3-10H,1-2H3,(H,17,19)(H,18,20). The topological polar surface area (TPSA) is 58.2 Å². The molecule has 0 saturated heterocycles. The molecule has 0 radical (unpaired) electrons. The van der Waals surface area contributed by atoms with Crippen LogP contribution in [-0.2, 0) is 9.59 Å². The zero-order valence-electron chi connectivity index (χ0n) is 11.4. The van der Waals surface area contributed by atoms with Crippen molar-refractivity contribution < 1.29 is 9.59 Å². The highest BCUT2D eigenvalue weighted by Crippen LogP contribution is 2.29. The Kier molecular flexibility index (Phi) is 4.15. The number of rotatable bonds is 3. The summed E-state index contributed by atoms with van der Waals surface area (Å²) in [7, 11) is 0. The summed E-state index contributed by atoms with van der Waals surface area (Å²) in [5.74, 6) is -0.229. The Morgan fingerprint density at radius 2 is 1.55 bits per heavy atom. The van der Waals surface area contributed by atoms with Gasteiger partial charge in [-0.15, -0.1) is 0 Å². The highest BCUT2D eigenvalue weighted by molar-refractivity contribution is 5.95. The molecule has 20 heavy (non-hydrogen) atoms. The van der Waals surface area contributed by atoms with Crippen LogP contribution in [0.25, 0.3) is 11.1 Å². The monoisotopic (exact) mass is 268 g/mol. The van der Waals surface area contributed by atoms with Crippen molar-refractivity contribution in [3.05, 3.63) is 48.5 Å². The third kappa shape index (κ3) is 3.45. The lowest BCUT2D eigenvalue weighted by Gasteiger charge is -2.11. The summed E-state index contributed by atoms with van der Waals surface area (Å²) >= 11 is 0. The molecule has 0 aliphatic heterocycles. The fraction of sp³-hybridized carbons (Fsp3) is 0.125. The van der Waals surface area contributed by atoms with Crippen molar-refractivity contribution in [2.24, 2.45) is 0 Å². The number of anilines is 2. The zero-order chi connectivity index (χ0) is 14.5. The van der Waals surface area contributed by atoms with E-state index in [0.29, 0.717) is 0 Å². The van der Waals surface area contributed by atoms with Gasteiger partial charge in [0.2, 0.25) is 11.8 Å². The average Bonchev–Trinajstić information content (AvgIpc) is 2.38. The summed E-state index contributed by atoms with van der Waals surface area (Å²) in [5, 5.41) is 5.55. The summed E-state index contributed by atoms with van der Waals surface area (Å²) < 4.78 is 0. The maximum absolute atomic E-state index is 11.2. The van der Waals surface area contributed by atoms with Crippen LogP contribution in [0.15, 0.2) is 48.5 Å². The smallest absolute Gasteiger partial charge is 0.221 e. The van der Waals surface area contributed by atoms with E-state index in [1.54, 1.807) is 0 Å². The van der Waals surface area contributed by atoms with Gasteiger partial charge in [-0.05, 0) is 23.8 Å². The number of benzene rings is 2. The molecule has 2 aromatic carbocycles. The van der Waals surface area contributed by atoms with E-state index in [-0.39, 0.29) is 11.8 Å². The molecular weight excluding hydrogens is 252 g/mol. The van der Waals surface area contributed by atoms with Gasteiger partial charge in [0.25, 0.3) is 0 Å². The molecule has 2 aromatic rings. The molecule has 0 saturated carbocycles. The zero-order valence-corrected chi connectivity index (χ0v) is 11.4. The first-order valence-corrected chi connectivity index (χ1v) is 6.31. The van der Waals surface area contributed by atoms with Gasteiger partial charge in [0.15, 0.2) is 0 Å². The number of nitrogens with one attached hydrogen (secondary N) is 2. The van der Waals surface area contributed by atoms with Crippen LogP contribution in [0, 0.1) is 0 Å². The van der Waals surface area contributed by atoms with Gasteiger partial charge in [-0.1, -0.05) is 30.3 Å². The predicted octanol–water partition coefficient (Wildman–Crippen LogP) is 3.27.